The van der Waals surface area contributed by atoms with Crippen LogP contribution >= 0.6 is 21.0 Å². The molecule has 0 aliphatic heterocycles. The lowest BCUT2D eigenvalue weighted by atomic mass is 10.0. The molecular weight excluding hydrogens is 289 g/mol. The molecule has 0 saturated heterocycles. The highest BCUT2D eigenvalue weighted by Gasteiger charge is 2.29. The Morgan fingerprint density at radius 3 is 2.37 bits per heavy atom. The minimum atomic E-state index is -1.05. The van der Waals surface area contributed by atoms with Gasteiger partial charge in [0, 0.05) is 0 Å². The SMILES string of the molecule is CC(C)C[C@@H](C(=O)O)N(Oc1ccccc1)P=O.Cl. The van der Waals surface area contributed by atoms with Gasteiger partial charge in [0.25, 0.3) is 8.61 Å². The maximum atomic E-state index is 11.2. The highest BCUT2D eigenvalue weighted by atomic mass is 35.5. The van der Waals surface area contributed by atoms with Crippen molar-refractivity contribution in [1.82, 2.24) is 4.83 Å². The van der Waals surface area contributed by atoms with E-state index in [0.29, 0.717) is 12.2 Å². The van der Waals surface area contributed by atoms with Crippen LogP contribution in [0.4, 0.5) is 0 Å². The van der Waals surface area contributed by atoms with Crippen LogP contribution in [0.15, 0.2) is 30.3 Å². The quantitative estimate of drug-likeness (QED) is 0.617. The smallest absolute Gasteiger partial charge is 0.325 e. The van der Waals surface area contributed by atoms with Crippen molar-refractivity contribution in [2.75, 3.05) is 0 Å². The Morgan fingerprint density at radius 1 is 1.37 bits per heavy atom. The lowest BCUT2D eigenvalue weighted by Gasteiger charge is -2.22. The first-order valence-electron chi connectivity index (χ1n) is 5.63. The Kier molecular flexibility index (Phi) is 8.32. The van der Waals surface area contributed by atoms with Crippen LogP contribution in [0.25, 0.3) is 0 Å². The predicted molar refractivity (Wildman–Crippen MR) is 74.6 cm³/mol. The van der Waals surface area contributed by atoms with E-state index in [9.17, 15) is 9.36 Å². The lowest BCUT2D eigenvalue weighted by Crippen LogP contribution is -2.38. The molecule has 1 atom stereocenters. The second-order valence-corrected chi connectivity index (χ2v) is 4.83. The Morgan fingerprint density at radius 2 is 1.95 bits per heavy atom. The number of carboxylic acid groups (broad SMARTS) is 1. The summed E-state index contributed by atoms with van der Waals surface area (Å²) in [6.45, 7) is 3.80. The van der Waals surface area contributed by atoms with E-state index < -0.39 is 20.6 Å². The molecule has 0 bridgehead atoms. The molecule has 19 heavy (non-hydrogen) atoms. The average Bonchev–Trinajstić information content (AvgIpc) is 2.34. The maximum absolute atomic E-state index is 11.2. The van der Waals surface area contributed by atoms with Gasteiger partial charge in [-0.15, -0.1) is 12.4 Å². The summed E-state index contributed by atoms with van der Waals surface area (Å²) in [4.78, 5) is 17.4. The molecule has 0 amide bonds. The van der Waals surface area contributed by atoms with Crippen molar-refractivity contribution in [2.45, 2.75) is 26.3 Å². The summed E-state index contributed by atoms with van der Waals surface area (Å²) in [6, 6.07) is 7.73. The number of carboxylic acids is 1. The molecule has 5 nitrogen and oxygen atoms in total. The number of hydroxylamine groups is 1. The lowest BCUT2D eigenvalue weighted by molar-refractivity contribution is -0.149. The number of halogens is 1. The van der Waals surface area contributed by atoms with Crippen molar-refractivity contribution in [3.63, 3.8) is 0 Å². The molecule has 7 heteroatoms. The summed E-state index contributed by atoms with van der Waals surface area (Å²) >= 11 is 0. The van der Waals surface area contributed by atoms with Crippen molar-refractivity contribution < 1.29 is 19.3 Å². The number of hydrogen-bond acceptors (Lipinski definition) is 3. The zero-order valence-electron chi connectivity index (χ0n) is 10.7. The molecule has 1 aromatic carbocycles. The maximum Gasteiger partial charge on any atom is 0.325 e. The topological polar surface area (TPSA) is 66.8 Å². The molecule has 0 unspecified atom stereocenters. The highest BCUT2D eigenvalue weighted by molar-refractivity contribution is 7.20. The number of carbonyl (C=O) groups is 1. The fraction of sp³-hybridized carbons (Fsp3) is 0.417. The van der Waals surface area contributed by atoms with Gasteiger partial charge >= 0.3 is 5.97 Å². The Hall–Kier alpha value is -1.16. The third-order valence-electron chi connectivity index (χ3n) is 2.27. The number of rotatable bonds is 7. The molecule has 0 fully saturated rings. The number of aliphatic carboxylic acids is 1. The molecule has 0 aliphatic carbocycles. The van der Waals surface area contributed by atoms with Crippen LogP contribution in [-0.4, -0.2) is 22.0 Å². The minimum absolute atomic E-state index is 0. The van der Waals surface area contributed by atoms with Gasteiger partial charge < -0.3 is 9.94 Å². The van der Waals surface area contributed by atoms with Crippen LogP contribution in [0, 0.1) is 5.92 Å². The van der Waals surface area contributed by atoms with Crippen molar-refractivity contribution in [3.8, 4) is 5.75 Å². The Balaban J connectivity index is 0.00000324. The number of hydrogen-bond donors (Lipinski definition) is 1. The molecule has 0 spiro atoms. The van der Waals surface area contributed by atoms with Gasteiger partial charge in [-0.05, 0) is 29.3 Å². The second-order valence-electron chi connectivity index (χ2n) is 4.27. The van der Waals surface area contributed by atoms with Gasteiger partial charge in [0.05, 0.1) is 0 Å². The van der Waals surface area contributed by atoms with Crippen molar-refractivity contribution in [3.05, 3.63) is 30.3 Å². The molecule has 0 aromatic heterocycles. The largest absolute Gasteiger partial charge is 0.480 e. The van der Waals surface area contributed by atoms with Crippen molar-refractivity contribution in [2.24, 2.45) is 5.92 Å². The molecule has 0 radical (unpaired) electrons. The van der Waals surface area contributed by atoms with Gasteiger partial charge in [-0.3, -0.25) is 9.36 Å². The zero-order valence-corrected chi connectivity index (χ0v) is 12.4. The highest BCUT2D eigenvalue weighted by Crippen LogP contribution is 2.22. The first-order chi connectivity index (χ1) is 8.54. The van der Waals surface area contributed by atoms with E-state index >= 15 is 0 Å². The fourth-order valence-corrected chi connectivity index (χ4v) is 1.89. The van der Waals surface area contributed by atoms with E-state index in [1.807, 2.05) is 19.9 Å². The fourth-order valence-electron chi connectivity index (χ4n) is 1.46. The molecule has 0 aliphatic rings. The van der Waals surface area contributed by atoms with Gasteiger partial charge in [0.1, 0.15) is 5.75 Å². The van der Waals surface area contributed by atoms with E-state index in [0.717, 1.165) is 4.83 Å². The first-order valence-corrected chi connectivity index (χ1v) is 6.39. The zero-order chi connectivity index (χ0) is 13.5. The van der Waals surface area contributed by atoms with Crippen molar-refractivity contribution >= 4 is 27.0 Å². The molecule has 106 valence electrons. The minimum Gasteiger partial charge on any atom is -0.480 e. The summed E-state index contributed by atoms with van der Waals surface area (Å²) in [5.41, 5.74) is 0. The van der Waals surface area contributed by atoms with Crippen LogP contribution in [0.1, 0.15) is 20.3 Å². The van der Waals surface area contributed by atoms with Crippen LogP contribution < -0.4 is 4.84 Å². The molecule has 1 rings (SSSR count). The predicted octanol–water partition coefficient (Wildman–Crippen LogP) is 3.41. The van der Waals surface area contributed by atoms with Gasteiger partial charge in [-0.1, -0.05) is 32.0 Å². The van der Waals surface area contributed by atoms with E-state index in [1.54, 1.807) is 24.3 Å². The van der Waals surface area contributed by atoms with Gasteiger partial charge in [-0.2, -0.15) is 0 Å². The van der Waals surface area contributed by atoms with Crippen LogP contribution in [0.5, 0.6) is 5.75 Å². The first kappa shape index (κ1) is 17.8. The molecule has 0 saturated carbocycles. The Bertz CT molecular complexity index is 402. The average molecular weight is 306 g/mol. The van der Waals surface area contributed by atoms with E-state index in [-0.39, 0.29) is 18.3 Å². The van der Waals surface area contributed by atoms with Gasteiger partial charge in [0.15, 0.2) is 6.04 Å². The summed E-state index contributed by atoms with van der Waals surface area (Å²) in [7, 11) is -0.475. The number of para-hydroxylation sites is 1. The molecule has 1 aromatic rings. The van der Waals surface area contributed by atoms with E-state index in [1.165, 1.54) is 0 Å². The normalized spacial score (nSPS) is 12.2. The number of benzene rings is 1. The molecule has 1 N–H and O–H groups in total. The third-order valence-corrected chi connectivity index (χ3v) is 2.79. The summed E-state index contributed by atoms with van der Waals surface area (Å²) in [5.74, 6) is -0.437. The number of nitrogens with zero attached hydrogens (tertiary/aromatic N) is 1. The Labute approximate surface area is 120 Å². The second kappa shape index (κ2) is 8.86. The van der Waals surface area contributed by atoms with Crippen LogP contribution in [0.2, 0.25) is 0 Å². The van der Waals surface area contributed by atoms with E-state index in [4.69, 9.17) is 9.94 Å². The third kappa shape index (κ3) is 6.01. The summed E-state index contributed by atoms with van der Waals surface area (Å²) in [5, 5.41) is 9.14. The van der Waals surface area contributed by atoms with Crippen LogP contribution in [0.3, 0.4) is 0 Å². The van der Waals surface area contributed by atoms with Crippen LogP contribution in [-0.2, 0) is 9.36 Å². The monoisotopic (exact) mass is 305 g/mol. The van der Waals surface area contributed by atoms with Crippen molar-refractivity contribution in [1.29, 1.82) is 0 Å². The standard InChI is InChI=1S/C12H16NO4P.ClH/c1-9(2)8-11(12(14)15)13(18-16)17-10-6-4-3-5-7-10;/h3-7,9,11H,8H2,1-2H3,(H,14,15);1H/t11-;/m0./s1. The molecular formula is C12H17ClNO4P. The van der Waals surface area contributed by atoms with Gasteiger partial charge in [0.2, 0.25) is 0 Å². The van der Waals surface area contributed by atoms with E-state index in [2.05, 4.69) is 0 Å². The van der Waals surface area contributed by atoms with Gasteiger partial charge in [-0.25, -0.2) is 0 Å². The summed E-state index contributed by atoms with van der Waals surface area (Å²) in [6.07, 6.45) is 0.359. The molecule has 0 heterocycles. The summed E-state index contributed by atoms with van der Waals surface area (Å²) < 4.78 is 11.1.